The fraction of sp³-hybridized carbons (Fsp3) is 0.552. The summed E-state index contributed by atoms with van der Waals surface area (Å²) in [5.74, 6) is 0.590. The number of hydrogen-bond acceptors (Lipinski definition) is 11. The van der Waals surface area contributed by atoms with E-state index in [1.807, 2.05) is 6.92 Å². The van der Waals surface area contributed by atoms with Gasteiger partial charge in [0.15, 0.2) is 0 Å². The zero-order valence-corrected chi connectivity index (χ0v) is 25.2. The minimum atomic E-state index is -3.77. The maximum atomic E-state index is 12.1. The van der Waals surface area contributed by atoms with E-state index in [1.165, 1.54) is 19.1 Å². The molecule has 0 fully saturated rings. The van der Waals surface area contributed by atoms with Crippen molar-refractivity contribution in [2.45, 2.75) is 18.7 Å². The first-order valence-corrected chi connectivity index (χ1v) is 15.2. The third-order valence-electron chi connectivity index (χ3n) is 5.31. The van der Waals surface area contributed by atoms with Crippen molar-refractivity contribution >= 4 is 21.7 Å². The van der Waals surface area contributed by atoms with E-state index >= 15 is 0 Å². The van der Waals surface area contributed by atoms with Gasteiger partial charge in [-0.05, 0) is 43.3 Å². The maximum Gasteiger partial charge on any atom is 0.297 e. The monoisotopic (exact) mass is 613 g/mol. The highest BCUT2D eigenvalue weighted by Gasteiger charge is 2.14. The Kier molecular flexibility index (Phi) is 18.6. The summed E-state index contributed by atoms with van der Waals surface area (Å²) in [6.07, 6.45) is 0. The molecule has 1 N–H and O–H groups in total. The molecule has 1 amide bonds. The third kappa shape index (κ3) is 17.4. The Morgan fingerprint density at radius 1 is 0.595 bits per heavy atom. The van der Waals surface area contributed by atoms with Crippen LogP contribution in [-0.4, -0.2) is 107 Å². The lowest BCUT2D eigenvalue weighted by Crippen LogP contribution is -2.15. The Morgan fingerprint density at radius 3 is 1.43 bits per heavy atom. The molecule has 0 aliphatic rings. The number of carbonyl (C=O) groups is 1. The van der Waals surface area contributed by atoms with E-state index in [1.54, 1.807) is 36.4 Å². The van der Waals surface area contributed by atoms with Crippen LogP contribution in [0, 0.1) is 6.92 Å². The number of benzene rings is 2. The van der Waals surface area contributed by atoms with Crippen LogP contribution < -0.4 is 10.1 Å². The van der Waals surface area contributed by atoms with Crippen LogP contribution in [-0.2, 0) is 47.5 Å². The van der Waals surface area contributed by atoms with E-state index in [0.29, 0.717) is 85.0 Å². The number of nitrogens with one attached hydrogen (secondary N) is 1. The summed E-state index contributed by atoms with van der Waals surface area (Å²) in [7, 11) is -3.77. The summed E-state index contributed by atoms with van der Waals surface area (Å²) in [5.41, 5.74) is 1.70. The zero-order valence-electron chi connectivity index (χ0n) is 24.4. The largest absolute Gasteiger partial charge is 0.491 e. The molecule has 0 radical (unpaired) electrons. The standard InChI is InChI=1S/C29H43NO11S/c1-25-3-9-29(10-4-25)42(32,33)41-24-22-39-20-18-37-16-14-35-12-11-34-13-15-36-17-19-38-21-23-40-28-7-5-27(6-8-28)30-26(2)31/h3-10H,11-24H2,1-2H3,(H,30,31). The van der Waals surface area contributed by atoms with E-state index in [0.717, 1.165) is 11.3 Å². The Bertz CT molecular complexity index is 1080. The normalized spacial score (nSPS) is 11.5. The van der Waals surface area contributed by atoms with Crippen molar-refractivity contribution in [3.8, 4) is 5.75 Å². The van der Waals surface area contributed by atoms with Gasteiger partial charge in [-0.3, -0.25) is 8.98 Å². The van der Waals surface area contributed by atoms with Crippen LogP contribution in [0.5, 0.6) is 5.75 Å². The second kappa shape index (κ2) is 22.0. The molecule has 13 heteroatoms. The number of anilines is 1. The van der Waals surface area contributed by atoms with Gasteiger partial charge in [0.05, 0.1) is 90.8 Å². The molecule has 2 rings (SSSR count). The van der Waals surface area contributed by atoms with Crippen molar-refractivity contribution in [2.24, 2.45) is 0 Å². The van der Waals surface area contributed by atoms with E-state index in [4.69, 9.17) is 37.3 Å². The lowest BCUT2D eigenvalue weighted by atomic mass is 10.2. The average molecular weight is 614 g/mol. The number of amides is 1. The second-order valence-electron chi connectivity index (χ2n) is 8.82. The molecule has 0 spiro atoms. The van der Waals surface area contributed by atoms with E-state index in [9.17, 15) is 13.2 Å². The molecule has 0 saturated carbocycles. The van der Waals surface area contributed by atoms with Gasteiger partial charge in [-0.1, -0.05) is 17.7 Å². The highest BCUT2D eigenvalue weighted by molar-refractivity contribution is 7.86. The molecule has 0 unspecified atom stereocenters. The first-order valence-electron chi connectivity index (χ1n) is 13.8. The van der Waals surface area contributed by atoms with Crippen LogP contribution in [0.2, 0.25) is 0 Å². The van der Waals surface area contributed by atoms with Crippen molar-refractivity contribution in [2.75, 3.05) is 97.8 Å². The molecule has 0 saturated heterocycles. The quantitative estimate of drug-likeness (QED) is 0.131. The molecule has 12 nitrogen and oxygen atoms in total. The molecule has 0 heterocycles. The van der Waals surface area contributed by atoms with Crippen LogP contribution >= 0.6 is 0 Å². The smallest absolute Gasteiger partial charge is 0.297 e. The van der Waals surface area contributed by atoms with Gasteiger partial charge in [-0.25, -0.2) is 0 Å². The van der Waals surface area contributed by atoms with Crippen molar-refractivity contribution in [3.63, 3.8) is 0 Å². The predicted octanol–water partition coefficient (Wildman–Crippen LogP) is 2.84. The number of aryl methyl sites for hydroxylation is 1. The number of carbonyl (C=O) groups excluding carboxylic acids is 1. The lowest BCUT2D eigenvalue weighted by molar-refractivity contribution is -0.114. The summed E-state index contributed by atoms with van der Waals surface area (Å²) < 4.78 is 67.2. The first kappa shape index (κ1) is 35.6. The summed E-state index contributed by atoms with van der Waals surface area (Å²) in [6, 6.07) is 13.6. The van der Waals surface area contributed by atoms with Gasteiger partial charge in [0.25, 0.3) is 10.1 Å². The fourth-order valence-corrected chi connectivity index (χ4v) is 4.13. The highest BCUT2D eigenvalue weighted by atomic mass is 32.2. The minimum absolute atomic E-state index is 0.0616. The molecule has 42 heavy (non-hydrogen) atoms. The van der Waals surface area contributed by atoms with Crippen LogP contribution in [0.4, 0.5) is 5.69 Å². The van der Waals surface area contributed by atoms with Gasteiger partial charge in [0.2, 0.25) is 5.91 Å². The summed E-state index contributed by atoms with van der Waals surface area (Å²) >= 11 is 0. The summed E-state index contributed by atoms with van der Waals surface area (Å²) in [4.78, 5) is 11.1. The van der Waals surface area contributed by atoms with E-state index in [2.05, 4.69) is 5.32 Å². The predicted molar refractivity (Wildman–Crippen MR) is 155 cm³/mol. The third-order valence-corrected chi connectivity index (χ3v) is 6.63. The SMILES string of the molecule is CC(=O)Nc1ccc(OCCOCCOCCOCCOCCOCCOCCOS(=O)(=O)c2ccc(C)cc2)cc1. The molecule has 0 aliphatic carbocycles. The molecule has 0 aliphatic heterocycles. The van der Waals surface area contributed by atoms with Crippen LogP contribution in [0.1, 0.15) is 12.5 Å². The number of hydrogen-bond donors (Lipinski definition) is 1. The second-order valence-corrected chi connectivity index (χ2v) is 10.4. The molecule has 0 bridgehead atoms. The maximum absolute atomic E-state index is 12.1. The fourth-order valence-electron chi connectivity index (χ4n) is 3.23. The first-order chi connectivity index (χ1) is 20.4. The van der Waals surface area contributed by atoms with Gasteiger partial charge >= 0.3 is 0 Å². The van der Waals surface area contributed by atoms with Gasteiger partial charge < -0.3 is 38.5 Å². The van der Waals surface area contributed by atoms with Crippen molar-refractivity contribution < 1.29 is 50.6 Å². The molecule has 236 valence electrons. The lowest BCUT2D eigenvalue weighted by Gasteiger charge is -2.09. The molecular weight excluding hydrogens is 570 g/mol. The Morgan fingerprint density at radius 2 is 1.00 bits per heavy atom. The molecular formula is C29H43NO11S. The van der Waals surface area contributed by atoms with Crippen LogP contribution in [0.15, 0.2) is 53.4 Å². The summed E-state index contributed by atoms with van der Waals surface area (Å²) in [5, 5.41) is 2.70. The van der Waals surface area contributed by atoms with Gasteiger partial charge in [0.1, 0.15) is 12.4 Å². The molecule has 0 aromatic heterocycles. The Balaban J connectivity index is 1.26. The highest BCUT2D eigenvalue weighted by Crippen LogP contribution is 2.15. The molecule has 2 aromatic rings. The minimum Gasteiger partial charge on any atom is -0.491 e. The van der Waals surface area contributed by atoms with Crippen molar-refractivity contribution in [1.29, 1.82) is 0 Å². The van der Waals surface area contributed by atoms with Gasteiger partial charge in [0, 0.05) is 12.6 Å². The number of ether oxygens (including phenoxy) is 7. The Labute approximate surface area is 248 Å². The van der Waals surface area contributed by atoms with Crippen molar-refractivity contribution in [3.05, 3.63) is 54.1 Å². The molecule has 0 atom stereocenters. The van der Waals surface area contributed by atoms with E-state index in [-0.39, 0.29) is 24.0 Å². The Hall–Kier alpha value is -2.62. The average Bonchev–Trinajstić information content (AvgIpc) is 2.96. The van der Waals surface area contributed by atoms with E-state index < -0.39 is 10.1 Å². The topological polar surface area (TPSA) is 137 Å². The summed E-state index contributed by atoms with van der Waals surface area (Å²) in [6.45, 7) is 8.59. The molecule has 2 aromatic carbocycles. The zero-order chi connectivity index (χ0) is 30.3. The van der Waals surface area contributed by atoms with Crippen LogP contribution in [0.25, 0.3) is 0 Å². The van der Waals surface area contributed by atoms with Crippen molar-refractivity contribution in [1.82, 2.24) is 0 Å². The van der Waals surface area contributed by atoms with Gasteiger partial charge in [-0.2, -0.15) is 8.42 Å². The van der Waals surface area contributed by atoms with Gasteiger partial charge in [-0.15, -0.1) is 0 Å². The van der Waals surface area contributed by atoms with Crippen LogP contribution in [0.3, 0.4) is 0 Å². The number of rotatable bonds is 25.